The van der Waals surface area contributed by atoms with E-state index in [2.05, 4.69) is 49.1 Å². The van der Waals surface area contributed by atoms with Gasteiger partial charge in [0, 0.05) is 45.2 Å². The molecule has 1 saturated heterocycles. The number of carbonyl (C=O) groups is 1. The van der Waals surface area contributed by atoms with Crippen LogP contribution in [-0.2, 0) is 11.3 Å². The largest absolute Gasteiger partial charge is 0.342 e. The lowest BCUT2D eigenvalue weighted by Crippen LogP contribution is -2.55. The average Bonchev–Trinajstić information content (AvgIpc) is 3.00. The Labute approximate surface area is 158 Å². The van der Waals surface area contributed by atoms with E-state index in [1.807, 2.05) is 11.9 Å². The Morgan fingerprint density at radius 3 is 2.38 bits per heavy atom. The van der Waals surface area contributed by atoms with Crippen LogP contribution in [-0.4, -0.2) is 47.9 Å². The number of nitrogens with two attached hydrogens (primary N) is 1. The zero-order valence-electron chi connectivity index (χ0n) is 16.6. The molecule has 144 valence electrons. The van der Waals surface area contributed by atoms with Gasteiger partial charge in [0.25, 0.3) is 0 Å². The molecule has 4 nitrogen and oxygen atoms in total. The van der Waals surface area contributed by atoms with Crippen molar-refractivity contribution in [3.63, 3.8) is 0 Å². The van der Waals surface area contributed by atoms with Crippen LogP contribution in [0.4, 0.5) is 0 Å². The van der Waals surface area contributed by atoms with Gasteiger partial charge in [-0.2, -0.15) is 0 Å². The van der Waals surface area contributed by atoms with Crippen molar-refractivity contribution in [3.8, 4) is 0 Å². The summed E-state index contributed by atoms with van der Waals surface area (Å²) in [6.45, 7) is 7.68. The molecule has 1 heterocycles. The molecule has 1 aliphatic carbocycles. The van der Waals surface area contributed by atoms with Crippen LogP contribution in [0.1, 0.15) is 45.1 Å². The third-order valence-corrected chi connectivity index (χ3v) is 6.50. The van der Waals surface area contributed by atoms with Gasteiger partial charge in [0.15, 0.2) is 0 Å². The number of nitrogens with zero attached hydrogens (tertiary/aromatic N) is 2. The van der Waals surface area contributed by atoms with Crippen LogP contribution in [0.25, 0.3) is 0 Å². The Hall–Kier alpha value is -1.39. The van der Waals surface area contributed by atoms with Crippen LogP contribution < -0.4 is 5.73 Å². The molecule has 1 amide bonds. The summed E-state index contributed by atoms with van der Waals surface area (Å²) in [6, 6.07) is 11.2. The summed E-state index contributed by atoms with van der Waals surface area (Å²) in [5, 5.41) is 0. The predicted molar refractivity (Wildman–Crippen MR) is 107 cm³/mol. The molecule has 0 spiro atoms. The topological polar surface area (TPSA) is 49.6 Å². The Kier molecular flexibility index (Phi) is 6.36. The van der Waals surface area contributed by atoms with Crippen LogP contribution in [0.5, 0.6) is 0 Å². The van der Waals surface area contributed by atoms with E-state index in [4.69, 9.17) is 5.73 Å². The summed E-state index contributed by atoms with van der Waals surface area (Å²) in [4.78, 5) is 17.4. The molecule has 26 heavy (non-hydrogen) atoms. The van der Waals surface area contributed by atoms with Gasteiger partial charge in [0.2, 0.25) is 5.91 Å². The van der Waals surface area contributed by atoms with Crippen molar-refractivity contribution in [1.29, 1.82) is 0 Å². The van der Waals surface area contributed by atoms with Crippen molar-refractivity contribution in [3.05, 3.63) is 35.9 Å². The molecule has 2 N–H and O–H groups in total. The number of hydrogen-bond acceptors (Lipinski definition) is 3. The number of likely N-dealkylation sites (tertiary alicyclic amines) is 1. The maximum absolute atomic E-state index is 12.9. The summed E-state index contributed by atoms with van der Waals surface area (Å²) in [5.74, 6) is 1.63. The standard InChI is InChI=1S/C22H35N3O/c1-16-13-25(15-18-8-5-4-6-9-18)14-17(2)22(16)24(3)21(26)12-19-10-7-11-20(19)23/h4-6,8-9,16-17,19-20,22H,7,10-15,23H2,1-3H3/t16?,17?,19-,20+,22?/m0/s1. The molecular weight excluding hydrogens is 322 g/mol. The van der Waals surface area contributed by atoms with E-state index in [0.29, 0.717) is 30.2 Å². The Morgan fingerprint density at radius 2 is 1.81 bits per heavy atom. The molecule has 3 rings (SSSR count). The van der Waals surface area contributed by atoms with Crippen molar-refractivity contribution < 1.29 is 4.79 Å². The number of rotatable bonds is 5. The van der Waals surface area contributed by atoms with E-state index in [0.717, 1.165) is 32.5 Å². The summed E-state index contributed by atoms with van der Waals surface area (Å²) in [6.07, 6.45) is 3.99. The van der Waals surface area contributed by atoms with Crippen LogP contribution in [0.15, 0.2) is 30.3 Å². The first-order chi connectivity index (χ1) is 12.5. The van der Waals surface area contributed by atoms with Crippen LogP contribution >= 0.6 is 0 Å². The van der Waals surface area contributed by atoms with Crippen LogP contribution in [0.3, 0.4) is 0 Å². The van der Waals surface area contributed by atoms with Gasteiger partial charge in [0.05, 0.1) is 0 Å². The van der Waals surface area contributed by atoms with Gasteiger partial charge < -0.3 is 10.6 Å². The molecule has 2 unspecified atom stereocenters. The zero-order valence-corrected chi connectivity index (χ0v) is 16.6. The molecule has 1 aromatic rings. The van der Waals surface area contributed by atoms with Gasteiger partial charge in [-0.3, -0.25) is 9.69 Å². The summed E-state index contributed by atoms with van der Waals surface area (Å²) < 4.78 is 0. The van der Waals surface area contributed by atoms with Crippen molar-refractivity contribution in [2.24, 2.45) is 23.5 Å². The molecule has 0 radical (unpaired) electrons. The normalized spacial score (nSPS) is 32.5. The number of amides is 1. The lowest BCUT2D eigenvalue weighted by molar-refractivity contribution is -0.136. The molecule has 2 fully saturated rings. The molecule has 0 aromatic heterocycles. The van der Waals surface area contributed by atoms with Crippen molar-refractivity contribution in [1.82, 2.24) is 9.80 Å². The summed E-state index contributed by atoms with van der Waals surface area (Å²) in [5.41, 5.74) is 7.54. The van der Waals surface area contributed by atoms with Gasteiger partial charge in [0.1, 0.15) is 0 Å². The molecule has 0 bridgehead atoms. The lowest BCUT2D eigenvalue weighted by Gasteiger charge is -2.45. The minimum atomic E-state index is 0.218. The van der Waals surface area contributed by atoms with Crippen LogP contribution in [0.2, 0.25) is 0 Å². The molecule has 1 aliphatic heterocycles. The highest BCUT2D eigenvalue weighted by Gasteiger charge is 2.37. The monoisotopic (exact) mass is 357 g/mol. The van der Waals surface area contributed by atoms with E-state index in [1.54, 1.807) is 0 Å². The molecule has 4 atom stereocenters. The van der Waals surface area contributed by atoms with Crippen molar-refractivity contribution in [2.45, 2.75) is 58.2 Å². The highest BCUT2D eigenvalue weighted by Crippen LogP contribution is 2.31. The van der Waals surface area contributed by atoms with E-state index in [1.165, 1.54) is 12.0 Å². The maximum atomic E-state index is 12.9. The number of hydrogen-bond donors (Lipinski definition) is 1. The molecule has 2 aliphatic rings. The fourth-order valence-electron chi connectivity index (χ4n) is 5.25. The van der Waals surface area contributed by atoms with E-state index >= 15 is 0 Å². The van der Waals surface area contributed by atoms with Gasteiger partial charge in [-0.1, -0.05) is 50.6 Å². The smallest absolute Gasteiger partial charge is 0.222 e. The van der Waals surface area contributed by atoms with Gasteiger partial charge in [-0.25, -0.2) is 0 Å². The average molecular weight is 358 g/mol. The maximum Gasteiger partial charge on any atom is 0.222 e. The highest BCUT2D eigenvalue weighted by molar-refractivity contribution is 5.76. The van der Waals surface area contributed by atoms with E-state index < -0.39 is 0 Å². The second-order valence-electron chi connectivity index (χ2n) is 8.69. The van der Waals surface area contributed by atoms with E-state index in [9.17, 15) is 4.79 Å². The highest BCUT2D eigenvalue weighted by atomic mass is 16.2. The first-order valence-electron chi connectivity index (χ1n) is 10.2. The fourth-order valence-corrected chi connectivity index (χ4v) is 5.25. The fraction of sp³-hybridized carbons (Fsp3) is 0.682. The zero-order chi connectivity index (χ0) is 18.7. The Balaban J connectivity index is 1.57. The predicted octanol–water partition coefficient (Wildman–Crippen LogP) is 3.12. The quantitative estimate of drug-likeness (QED) is 0.881. The number of benzene rings is 1. The SMILES string of the molecule is CC1CN(Cc2ccccc2)CC(C)C1N(C)C(=O)C[C@@H]1CCC[C@H]1N. The summed E-state index contributed by atoms with van der Waals surface area (Å²) >= 11 is 0. The molecule has 1 saturated carbocycles. The first-order valence-corrected chi connectivity index (χ1v) is 10.2. The summed E-state index contributed by atoms with van der Waals surface area (Å²) in [7, 11) is 2.01. The van der Waals surface area contributed by atoms with Gasteiger partial charge in [-0.05, 0) is 36.2 Å². The molecule has 4 heteroatoms. The second kappa shape index (κ2) is 8.53. The van der Waals surface area contributed by atoms with Crippen LogP contribution in [0, 0.1) is 17.8 Å². The minimum Gasteiger partial charge on any atom is -0.342 e. The first kappa shape index (κ1) is 19.4. The number of piperidine rings is 1. The van der Waals surface area contributed by atoms with Crippen molar-refractivity contribution in [2.75, 3.05) is 20.1 Å². The van der Waals surface area contributed by atoms with Crippen molar-refractivity contribution >= 4 is 5.91 Å². The molecule has 1 aromatic carbocycles. The Morgan fingerprint density at radius 1 is 1.15 bits per heavy atom. The van der Waals surface area contributed by atoms with Gasteiger partial charge in [-0.15, -0.1) is 0 Å². The Bertz CT molecular complexity index is 578. The molecular formula is C22H35N3O. The lowest BCUT2D eigenvalue weighted by atomic mass is 9.84. The third-order valence-electron chi connectivity index (χ3n) is 6.50. The van der Waals surface area contributed by atoms with Gasteiger partial charge >= 0.3 is 0 Å². The minimum absolute atomic E-state index is 0.218. The second-order valence-corrected chi connectivity index (χ2v) is 8.69. The third kappa shape index (κ3) is 4.47. The number of carbonyl (C=O) groups excluding carboxylic acids is 1. The van der Waals surface area contributed by atoms with E-state index in [-0.39, 0.29) is 11.9 Å².